The number of thiophene rings is 1. The molecule has 144 valence electrons. The second kappa shape index (κ2) is 9.50. The smallest absolute Gasteiger partial charge is 0.279 e. The summed E-state index contributed by atoms with van der Waals surface area (Å²) in [6.45, 7) is 1.09. The predicted octanol–water partition coefficient (Wildman–Crippen LogP) is 3.31. The van der Waals surface area contributed by atoms with Crippen LogP contribution >= 0.6 is 22.9 Å². The number of halogens is 1. The van der Waals surface area contributed by atoms with Crippen LogP contribution in [0, 0.1) is 0 Å². The molecule has 28 heavy (non-hydrogen) atoms. The van der Waals surface area contributed by atoms with Crippen LogP contribution in [0.5, 0.6) is 0 Å². The number of carbonyl (C=O) groups is 2. The molecule has 0 fully saturated rings. The van der Waals surface area contributed by atoms with Crippen molar-refractivity contribution in [1.29, 1.82) is 0 Å². The molecule has 1 atom stereocenters. The first-order valence-corrected chi connectivity index (χ1v) is 10.1. The van der Waals surface area contributed by atoms with E-state index < -0.39 is 0 Å². The predicted molar refractivity (Wildman–Crippen MR) is 114 cm³/mol. The molecule has 0 aliphatic rings. The van der Waals surface area contributed by atoms with Gasteiger partial charge in [-0.05, 0) is 47.8 Å². The van der Waals surface area contributed by atoms with Crippen LogP contribution in [0.2, 0.25) is 5.02 Å². The van der Waals surface area contributed by atoms with Crippen LogP contribution in [-0.2, 0) is 11.3 Å². The first-order chi connectivity index (χ1) is 13.5. The molecule has 0 saturated heterocycles. The zero-order valence-electron chi connectivity index (χ0n) is 15.4. The number of amides is 2. The molecule has 0 aliphatic carbocycles. The quantitative estimate of drug-likeness (QED) is 0.555. The largest absolute Gasteiger partial charge is 0.325 e. The number of hydrogen-bond donors (Lipinski definition) is 3. The van der Waals surface area contributed by atoms with Gasteiger partial charge >= 0.3 is 0 Å². The van der Waals surface area contributed by atoms with Crippen LogP contribution < -0.4 is 15.5 Å². The summed E-state index contributed by atoms with van der Waals surface area (Å²) in [5.74, 6) is -0.432. The molecule has 2 amide bonds. The maximum atomic E-state index is 12.6. The lowest BCUT2D eigenvalue weighted by Crippen LogP contribution is -3.08. The number of likely N-dealkylation sites (N-methyl/N-ethyl adjacent to an activating group) is 1. The van der Waals surface area contributed by atoms with Crippen molar-refractivity contribution in [2.75, 3.05) is 24.2 Å². The molecule has 7 heteroatoms. The van der Waals surface area contributed by atoms with Gasteiger partial charge in [0.2, 0.25) is 0 Å². The fraction of sp³-hybridized carbons (Fsp3) is 0.143. The van der Waals surface area contributed by atoms with Crippen LogP contribution in [0.25, 0.3) is 0 Å². The standard InChI is InChI=1S/C21H20ClN3O2S/c1-25(13-17-5-4-12-28-17)14-20(26)24-19-7-3-2-6-18(19)21(27)23-16-10-8-15(22)9-11-16/h2-12H,13-14H2,1H3,(H,23,27)(H,24,26)/p+1. The molecule has 0 radical (unpaired) electrons. The molecular weight excluding hydrogens is 394 g/mol. The van der Waals surface area contributed by atoms with Gasteiger partial charge < -0.3 is 15.5 Å². The lowest BCUT2D eigenvalue weighted by atomic mass is 10.1. The lowest BCUT2D eigenvalue weighted by Gasteiger charge is -2.14. The Morgan fingerprint density at radius 3 is 2.46 bits per heavy atom. The van der Waals surface area contributed by atoms with Gasteiger partial charge in [-0.25, -0.2) is 0 Å². The first-order valence-electron chi connectivity index (χ1n) is 8.81. The van der Waals surface area contributed by atoms with Gasteiger partial charge in [-0.15, -0.1) is 11.3 Å². The van der Waals surface area contributed by atoms with E-state index in [9.17, 15) is 9.59 Å². The summed E-state index contributed by atoms with van der Waals surface area (Å²) in [4.78, 5) is 27.4. The summed E-state index contributed by atoms with van der Waals surface area (Å²) in [7, 11) is 1.97. The number of rotatable bonds is 7. The molecule has 3 N–H and O–H groups in total. The molecule has 0 bridgehead atoms. The molecular formula is C21H21ClN3O2S+. The van der Waals surface area contributed by atoms with Crippen molar-refractivity contribution in [1.82, 2.24) is 0 Å². The highest BCUT2D eigenvalue weighted by Crippen LogP contribution is 2.18. The van der Waals surface area contributed by atoms with Gasteiger partial charge in [0.15, 0.2) is 6.54 Å². The normalized spacial score (nSPS) is 11.6. The maximum absolute atomic E-state index is 12.6. The number of anilines is 2. The molecule has 1 aromatic heterocycles. The molecule has 0 saturated carbocycles. The van der Waals surface area contributed by atoms with Crippen molar-refractivity contribution in [2.45, 2.75) is 6.54 Å². The van der Waals surface area contributed by atoms with E-state index in [1.54, 1.807) is 59.9 Å². The maximum Gasteiger partial charge on any atom is 0.279 e. The molecule has 5 nitrogen and oxygen atoms in total. The van der Waals surface area contributed by atoms with E-state index >= 15 is 0 Å². The number of carbonyl (C=O) groups excluding carboxylic acids is 2. The number of quaternary nitrogens is 1. The van der Waals surface area contributed by atoms with E-state index in [4.69, 9.17) is 11.6 Å². The Balaban J connectivity index is 1.63. The van der Waals surface area contributed by atoms with E-state index in [1.807, 2.05) is 18.5 Å². The van der Waals surface area contributed by atoms with Crippen molar-refractivity contribution >= 4 is 46.1 Å². The van der Waals surface area contributed by atoms with Gasteiger partial charge in [-0.1, -0.05) is 29.8 Å². The van der Waals surface area contributed by atoms with E-state index in [0.29, 0.717) is 28.5 Å². The Kier molecular flexibility index (Phi) is 6.81. The van der Waals surface area contributed by atoms with Crippen molar-refractivity contribution in [2.24, 2.45) is 0 Å². The third-order valence-electron chi connectivity index (χ3n) is 4.07. The number of nitrogens with one attached hydrogen (secondary N) is 3. The second-order valence-electron chi connectivity index (χ2n) is 6.44. The van der Waals surface area contributed by atoms with Gasteiger partial charge in [0.1, 0.15) is 6.54 Å². The highest BCUT2D eigenvalue weighted by atomic mass is 35.5. The van der Waals surface area contributed by atoms with E-state index in [-0.39, 0.29) is 11.8 Å². The van der Waals surface area contributed by atoms with Gasteiger partial charge in [0.05, 0.1) is 23.2 Å². The second-order valence-corrected chi connectivity index (χ2v) is 7.91. The Bertz CT molecular complexity index is 943. The Hall–Kier alpha value is -2.67. The highest BCUT2D eigenvalue weighted by Gasteiger charge is 2.16. The average molecular weight is 415 g/mol. The van der Waals surface area contributed by atoms with Crippen LogP contribution in [0.15, 0.2) is 66.0 Å². The molecule has 1 unspecified atom stereocenters. The van der Waals surface area contributed by atoms with Crippen molar-refractivity contribution in [3.05, 3.63) is 81.5 Å². The number of hydrogen-bond acceptors (Lipinski definition) is 3. The summed E-state index contributed by atoms with van der Waals surface area (Å²) >= 11 is 7.55. The minimum Gasteiger partial charge on any atom is -0.325 e. The lowest BCUT2D eigenvalue weighted by molar-refractivity contribution is -0.884. The van der Waals surface area contributed by atoms with Crippen molar-refractivity contribution < 1.29 is 14.5 Å². The third-order valence-corrected chi connectivity index (χ3v) is 5.19. The van der Waals surface area contributed by atoms with E-state index in [2.05, 4.69) is 16.7 Å². The van der Waals surface area contributed by atoms with E-state index in [0.717, 1.165) is 11.4 Å². The monoisotopic (exact) mass is 414 g/mol. The van der Waals surface area contributed by atoms with Crippen LogP contribution in [0.3, 0.4) is 0 Å². The SMILES string of the molecule is C[NH+](CC(=O)Nc1ccccc1C(=O)Nc1ccc(Cl)cc1)Cc1cccs1. The highest BCUT2D eigenvalue weighted by molar-refractivity contribution is 7.09. The van der Waals surface area contributed by atoms with Crippen LogP contribution in [-0.4, -0.2) is 25.4 Å². The van der Waals surface area contributed by atoms with Gasteiger partial charge in [-0.2, -0.15) is 0 Å². The molecule has 0 aliphatic heterocycles. The summed E-state index contributed by atoms with van der Waals surface area (Å²) in [6, 6.07) is 17.9. The van der Waals surface area contributed by atoms with Crippen LogP contribution in [0.1, 0.15) is 15.2 Å². The fourth-order valence-corrected chi connectivity index (χ4v) is 3.71. The van der Waals surface area contributed by atoms with Crippen LogP contribution in [0.4, 0.5) is 11.4 Å². The molecule has 1 heterocycles. The summed E-state index contributed by atoms with van der Waals surface area (Å²) in [6.07, 6.45) is 0. The fourth-order valence-electron chi connectivity index (χ4n) is 2.76. The number of benzene rings is 2. The van der Waals surface area contributed by atoms with Gasteiger partial charge in [0.25, 0.3) is 11.8 Å². The minimum absolute atomic E-state index is 0.138. The number of para-hydroxylation sites is 1. The zero-order valence-corrected chi connectivity index (χ0v) is 16.9. The Labute approximate surface area is 172 Å². The summed E-state index contributed by atoms with van der Waals surface area (Å²) in [5.41, 5.74) is 1.53. The van der Waals surface area contributed by atoms with Crippen molar-refractivity contribution in [3.8, 4) is 0 Å². The van der Waals surface area contributed by atoms with Gasteiger partial charge in [-0.3, -0.25) is 9.59 Å². The van der Waals surface area contributed by atoms with Gasteiger partial charge in [0, 0.05) is 10.7 Å². The topological polar surface area (TPSA) is 62.6 Å². The Morgan fingerprint density at radius 2 is 1.75 bits per heavy atom. The first kappa shape index (κ1) is 20.1. The van der Waals surface area contributed by atoms with Crippen molar-refractivity contribution in [3.63, 3.8) is 0 Å². The summed E-state index contributed by atoms with van der Waals surface area (Å²) in [5, 5.41) is 8.30. The average Bonchev–Trinajstić information content (AvgIpc) is 3.16. The summed E-state index contributed by atoms with van der Waals surface area (Å²) < 4.78 is 0. The zero-order chi connectivity index (χ0) is 19.9. The Morgan fingerprint density at radius 1 is 1.00 bits per heavy atom. The minimum atomic E-state index is -0.294. The van der Waals surface area contributed by atoms with E-state index in [1.165, 1.54) is 4.88 Å². The molecule has 3 aromatic rings. The molecule has 0 spiro atoms. The third kappa shape index (κ3) is 5.66. The molecule has 3 rings (SSSR count). The molecule has 2 aromatic carbocycles.